The molecule has 18 heavy (non-hydrogen) atoms. The number of carbonyl (C=O) groups is 1. The quantitative estimate of drug-likeness (QED) is 0.807. The normalized spacial score (nSPS) is 43.2. The van der Waals surface area contributed by atoms with Crippen molar-refractivity contribution in [1.29, 1.82) is 0 Å². The van der Waals surface area contributed by atoms with Gasteiger partial charge in [0.2, 0.25) is 0 Å². The van der Waals surface area contributed by atoms with Crippen molar-refractivity contribution in [3.05, 3.63) is 0 Å². The summed E-state index contributed by atoms with van der Waals surface area (Å²) in [5, 5.41) is 12.8. The van der Waals surface area contributed by atoms with Gasteiger partial charge in [-0.3, -0.25) is 4.79 Å². The van der Waals surface area contributed by atoms with Crippen molar-refractivity contribution in [1.82, 2.24) is 5.32 Å². The highest BCUT2D eigenvalue weighted by molar-refractivity contribution is 5.69. The van der Waals surface area contributed by atoms with Crippen molar-refractivity contribution < 1.29 is 9.90 Å². The van der Waals surface area contributed by atoms with Gasteiger partial charge in [-0.15, -0.1) is 0 Å². The molecule has 0 amide bonds. The second-order valence-electron chi connectivity index (χ2n) is 6.75. The number of nitrogens with one attached hydrogen (secondary N) is 1. The van der Waals surface area contributed by atoms with Crippen LogP contribution in [0.3, 0.4) is 0 Å². The number of carboxylic acids is 1. The van der Waals surface area contributed by atoms with E-state index in [1.165, 1.54) is 25.7 Å². The van der Waals surface area contributed by atoms with Crippen molar-refractivity contribution in [2.45, 2.75) is 57.4 Å². The van der Waals surface area contributed by atoms with Crippen LogP contribution in [0.1, 0.15) is 51.4 Å². The van der Waals surface area contributed by atoms with Gasteiger partial charge in [0.1, 0.15) is 0 Å². The average Bonchev–Trinajstić information content (AvgIpc) is 2.99. The summed E-state index contributed by atoms with van der Waals surface area (Å²) in [5.74, 6) is 2.03. The number of fused-ring (bicyclic) bond motifs is 2. The largest absolute Gasteiger partial charge is 0.481 e. The zero-order valence-corrected chi connectivity index (χ0v) is 11.1. The number of hydrogen-bond donors (Lipinski definition) is 2. The van der Waals surface area contributed by atoms with Crippen molar-refractivity contribution in [2.24, 2.45) is 23.7 Å². The van der Waals surface area contributed by atoms with E-state index in [-0.39, 0.29) is 5.92 Å². The minimum absolute atomic E-state index is 0.0660. The standard InChI is InChI=1S/C15H25NO2/c17-15(18)12-4-1-10(2-5-12)9-16-14-8-11-3-6-13(14)7-11/h10-14,16H,1-9H2,(H,17,18). The van der Waals surface area contributed by atoms with Gasteiger partial charge in [0.25, 0.3) is 0 Å². The Morgan fingerprint density at radius 2 is 1.83 bits per heavy atom. The molecule has 3 heteroatoms. The molecule has 0 aromatic heterocycles. The van der Waals surface area contributed by atoms with E-state index in [1.54, 1.807) is 0 Å². The molecule has 3 atom stereocenters. The van der Waals surface area contributed by atoms with Gasteiger partial charge < -0.3 is 10.4 Å². The van der Waals surface area contributed by atoms with Crippen LogP contribution in [-0.2, 0) is 4.79 Å². The van der Waals surface area contributed by atoms with Gasteiger partial charge in [-0.25, -0.2) is 0 Å². The Kier molecular flexibility index (Phi) is 3.60. The minimum Gasteiger partial charge on any atom is -0.481 e. The van der Waals surface area contributed by atoms with Gasteiger partial charge >= 0.3 is 5.97 Å². The first-order valence-corrected chi connectivity index (χ1v) is 7.68. The molecule has 2 N–H and O–H groups in total. The molecule has 3 unspecified atom stereocenters. The highest BCUT2D eigenvalue weighted by atomic mass is 16.4. The molecule has 0 aromatic rings. The third kappa shape index (κ3) is 2.56. The first-order chi connectivity index (χ1) is 8.72. The molecule has 0 spiro atoms. The Hall–Kier alpha value is -0.570. The number of rotatable bonds is 4. The predicted molar refractivity (Wildman–Crippen MR) is 70.3 cm³/mol. The van der Waals surface area contributed by atoms with Crippen LogP contribution in [0.25, 0.3) is 0 Å². The molecular formula is C15H25NO2. The molecular weight excluding hydrogens is 226 g/mol. The average molecular weight is 251 g/mol. The number of aliphatic carboxylic acids is 1. The summed E-state index contributed by atoms with van der Waals surface area (Å²) < 4.78 is 0. The van der Waals surface area contributed by atoms with E-state index >= 15 is 0 Å². The fourth-order valence-corrected chi connectivity index (χ4v) is 4.43. The monoisotopic (exact) mass is 251 g/mol. The SMILES string of the molecule is O=C(O)C1CCC(CNC2CC3CCC2C3)CC1. The molecule has 0 saturated heterocycles. The fraction of sp³-hybridized carbons (Fsp3) is 0.933. The lowest BCUT2D eigenvalue weighted by Gasteiger charge is -2.29. The summed E-state index contributed by atoms with van der Waals surface area (Å²) in [6.07, 6.45) is 9.74. The van der Waals surface area contributed by atoms with Crippen LogP contribution in [0.5, 0.6) is 0 Å². The first kappa shape index (κ1) is 12.5. The summed E-state index contributed by atoms with van der Waals surface area (Å²) in [4.78, 5) is 10.9. The van der Waals surface area contributed by atoms with E-state index in [4.69, 9.17) is 5.11 Å². The third-order valence-electron chi connectivity index (χ3n) is 5.60. The maximum Gasteiger partial charge on any atom is 0.306 e. The molecule has 0 aliphatic heterocycles. The van der Waals surface area contributed by atoms with Crippen molar-refractivity contribution in [3.8, 4) is 0 Å². The van der Waals surface area contributed by atoms with Gasteiger partial charge in [0.15, 0.2) is 0 Å². The van der Waals surface area contributed by atoms with Gasteiger partial charge in [-0.2, -0.15) is 0 Å². The van der Waals surface area contributed by atoms with Crippen LogP contribution in [0, 0.1) is 23.7 Å². The Morgan fingerprint density at radius 3 is 2.39 bits per heavy atom. The van der Waals surface area contributed by atoms with Crippen LogP contribution in [0.2, 0.25) is 0 Å². The summed E-state index contributed by atoms with van der Waals surface area (Å²) >= 11 is 0. The van der Waals surface area contributed by atoms with Crippen molar-refractivity contribution in [2.75, 3.05) is 6.54 Å². The molecule has 3 nitrogen and oxygen atoms in total. The lowest BCUT2D eigenvalue weighted by molar-refractivity contribution is -0.143. The van der Waals surface area contributed by atoms with E-state index in [2.05, 4.69) is 5.32 Å². The summed E-state index contributed by atoms with van der Waals surface area (Å²) in [6, 6.07) is 0.779. The molecule has 3 fully saturated rings. The predicted octanol–water partition coefficient (Wildman–Crippen LogP) is 2.66. The minimum atomic E-state index is -0.588. The van der Waals surface area contributed by atoms with E-state index in [0.29, 0.717) is 0 Å². The van der Waals surface area contributed by atoms with Crippen LogP contribution < -0.4 is 5.32 Å². The summed E-state index contributed by atoms with van der Waals surface area (Å²) in [7, 11) is 0. The Labute approximate surface area is 109 Å². The van der Waals surface area contributed by atoms with Crippen LogP contribution in [0.4, 0.5) is 0 Å². The van der Waals surface area contributed by atoms with Crippen LogP contribution in [0.15, 0.2) is 0 Å². The van der Waals surface area contributed by atoms with E-state index in [9.17, 15) is 4.79 Å². The lowest BCUT2D eigenvalue weighted by Crippen LogP contribution is -2.38. The summed E-state index contributed by atoms with van der Waals surface area (Å²) in [5.41, 5.74) is 0. The smallest absolute Gasteiger partial charge is 0.306 e. The van der Waals surface area contributed by atoms with E-state index in [0.717, 1.165) is 56.0 Å². The number of hydrogen-bond acceptors (Lipinski definition) is 2. The van der Waals surface area contributed by atoms with Gasteiger partial charge in [0, 0.05) is 6.04 Å². The molecule has 3 rings (SSSR count). The lowest BCUT2D eigenvalue weighted by atomic mass is 9.82. The van der Waals surface area contributed by atoms with Crippen LogP contribution in [-0.4, -0.2) is 23.7 Å². The van der Waals surface area contributed by atoms with Crippen molar-refractivity contribution >= 4 is 5.97 Å². The van der Waals surface area contributed by atoms with Crippen LogP contribution >= 0.6 is 0 Å². The molecule has 102 valence electrons. The molecule has 2 bridgehead atoms. The highest BCUT2D eigenvalue weighted by Gasteiger charge is 2.39. The zero-order valence-electron chi connectivity index (χ0n) is 11.1. The molecule has 3 saturated carbocycles. The van der Waals surface area contributed by atoms with Crippen molar-refractivity contribution in [3.63, 3.8) is 0 Å². The Morgan fingerprint density at radius 1 is 1.06 bits per heavy atom. The topological polar surface area (TPSA) is 49.3 Å². The van der Waals surface area contributed by atoms with E-state index < -0.39 is 5.97 Å². The molecule has 0 heterocycles. The molecule has 0 radical (unpaired) electrons. The second-order valence-corrected chi connectivity index (χ2v) is 6.75. The molecule has 3 aliphatic carbocycles. The van der Waals surface area contributed by atoms with Gasteiger partial charge in [-0.05, 0) is 69.2 Å². The zero-order chi connectivity index (χ0) is 12.5. The molecule has 3 aliphatic rings. The Bertz CT molecular complexity index is 310. The maximum absolute atomic E-state index is 10.9. The summed E-state index contributed by atoms with van der Waals surface area (Å²) in [6.45, 7) is 1.13. The number of carboxylic acid groups (broad SMARTS) is 1. The van der Waals surface area contributed by atoms with E-state index in [1.807, 2.05) is 0 Å². The Balaban J connectivity index is 1.38. The molecule has 0 aromatic carbocycles. The van der Waals surface area contributed by atoms with Gasteiger partial charge in [-0.1, -0.05) is 6.42 Å². The third-order valence-corrected chi connectivity index (χ3v) is 5.60. The second kappa shape index (κ2) is 5.20. The first-order valence-electron chi connectivity index (χ1n) is 7.68. The fourth-order valence-electron chi connectivity index (χ4n) is 4.43. The highest BCUT2D eigenvalue weighted by Crippen LogP contribution is 2.44. The van der Waals surface area contributed by atoms with Gasteiger partial charge in [0.05, 0.1) is 5.92 Å². The maximum atomic E-state index is 10.9.